The van der Waals surface area contributed by atoms with Crippen molar-refractivity contribution in [3.63, 3.8) is 0 Å². The van der Waals surface area contributed by atoms with Gasteiger partial charge in [-0.05, 0) is 112 Å². The van der Waals surface area contributed by atoms with Crippen molar-refractivity contribution in [2.75, 3.05) is 46.1 Å². The molecule has 1 aliphatic heterocycles. The molecule has 0 unspecified atom stereocenters. The van der Waals surface area contributed by atoms with Crippen LogP contribution in [0.4, 0.5) is 0 Å². The van der Waals surface area contributed by atoms with Crippen LogP contribution in [0.3, 0.4) is 0 Å². The third kappa shape index (κ3) is 32.9. The van der Waals surface area contributed by atoms with Crippen LogP contribution in [0.1, 0.15) is 133 Å². The number of carbonyl (C=O) groups excluding carboxylic acids is 15. The van der Waals surface area contributed by atoms with Crippen LogP contribution in [-0.2, 0) is 83.1 Å². The summed E-state index contributed by atoms with van der Waals surface area (Å²) in [6.07, 6.45) is 0.474. The van der Waals surface area contributed by atoms with Gasteiger partial charge in [-0.15, -0.1) is 0 Å². The summed E-state index contributed by atoms with van der Waals surface area (Å²) in [6, 6.07) is -15.2. The fraction of sp³-hybridized carbons (Fsp3) is 0.676. The Morgan fingerprint density at radius 1 is 0.439 bits per heavy atom. The van der Waals surface area contributed by atoms with Crippen molar-refractivity contribution in [2.24, 2.45) is 41.1 Å². The molecule has 0 spiro atoms. The molecule has 602 valence electrons. The lowest BCUT2D eigenvalue weighted by molar-refractivity contribution is -0.139. The first-order chi connectivity index (χ1) is 50.2. The number of phenols is 1. The lowest BCUT2D eigenvalue weighted by Gasteiger charge is -2.30. The molecule has 0 aliphatic carbocycles. The highest BCUT2D eigenvalue weighted by molar-refractivity contribution is 6.01. The highest BCUT2D eigenvalue weighted by atomic mass is 16.4. The standard InChI is InChI=1S/C68H113N17O22/c1-32(2)23-42(75-63(102)48(30-88)82-68(107)54(36(9)10)85-65(104)49(31-89)80-57(96)40-16-14-22-71-40)60(99)76-44(25-38-17-19-39(90)20-18-38)59(98)73-37(11)55(94)83-52(34(5)6)66(105)74-41(15-12-13-21-69)58(97)84-53(35(7)8)67(106)78-43(24-33(3)4)61(100)77-45(26-50(70)91)62(101)81-47(29-87)64(103)79-46(28-86)56(95)72-27-51(92)93/h17-20,32-37,40-49,52-54,71,86-90H,12-16,21-31,69H2,1-11H3,(H2,70,91)(H,72,95)(H,73,98)(H,74,105)(H,75,102)(H,76,99)(H,77,100)(H,78,106)(H,79,103)(H,80,96)(H,81,101)(H,82,107)(H,83,94)(H,84,97)(H,85,104)(H,92,93)/t37-,40-,41-,42-,43-,44-,45-,46-,47-,48-,49-,52-,53-,54-/m0/s1. The van der Waals surface area contributed by atoms with Crippen molar-refractivity contribution in [1.29, 1.82) is 0 Å². The molecule has 14 atom stereocenters. The molecule has 0 radical (unpaired) electrons. The maximum atomic E-state index is 14.4. The third-order valence-electron chi connectivity index (χ3n) is 16.9. The van der Waals surface area contributed by atoms with E-state index in [-0.39, 0.29) is 56.2 Å². The number of carbonyl (C=O) groups is 16. The minimum absolute atomic E-state index is 0.0548. The molecule has 0 bridgehead atoms. The zero-order valence-corrected chi connectivity index (χ0v) is 62.5. The van der Waals surface area contributed by atoms with Gasteiger partial charge in [0.05, 0.1) is 38.9 Å². The van der Waals surface area contributed by atoms with Crippen molar-refractivity contribution >= 4 is 94.6 Å². The first-order valence-electron chi connectivity index (χ1n) is 35.6. The summed E-state index contributed by atoms with van der Waals surface area (Å²) in [5.74, 6) is -19.1. The van der Waals surface area contributed by atoms with Gasteiger partial charge in [-0.1, -0.05) is 81.4 Å². The number of carboxylic acids is 1. The molecule has 39 heteroatoms. The van der Waals surface area contributed by atoms with Gasteiger partial charge in [0.1, 0.15) is 90.8 Å². The smallest absolute Gasteiger partial charge is 0.322 e. The van der Waals surface area contributed by atoms with E-state index in [1.807, 2.05) is 10.6 Å². The number of aliphatic hydroxyl groups excluding tert-OH is 4. The van der Waals surface area contributed by atoms with Crippen molar-refractivity contribution in [1.82, 2.24) is 79.8 Å². The van der Waals surface area contributed by atoms with E-state index in [2.05, 4.69) is 69.1 Å². The van der Waals surface area contributed by atoms with E-state index in [1.54, 1.807) is 69.2 Å². The Balaban J connectivity index is 2.38. The number of aliphatic carboxylic acids is 1. The van der Waals surface area contributed by atoms with E-state index in [1.165, 1.54) is 31.2 Å². The number of aliphatic hydroxyl groups is 4. The third-order valence-corrected chi connectivity index (χ3v) is 16.9. The summed E-state index contributed by atoms with van der Waals surface area (Å²) < 4.78 is 0. The number of nitrogens with two attached hydrogens (primary N) is 2. The van der Waals surface area contributed by atoms with Crippen molar-refractivity contribution in [3.05, 3.63) is 29.8 Å². The van der Waals surface area contributed by atoms with E-state index in [9.17, 15) is 102 Å². The number of amides is 15. The molecular weight excluding hydrogens is 1410 g/mol. The van der Waals surface area contributed by atoms with Gasteiger partial charge in [-0.3, -0.25) is 76.7 Å². The maximum absolute atomic E-state index is 14.4. The van der Waals surface area contributed by atoms with Crippen LogP contribution in [0.25, 0.3) is 0 Å². The zero-order chi connectivity index (χ0) is 81.1. The minimum atomic E-state index is -1.88. The second-order valence-electron chi connectivity index (χ2n) is 28.0. The Kier molecular flexibility index (Phi) is 41.1. The van der Waals surface area contributed by atoms with E-state index in [0.717, 1.165) is 6.42 Å². The SMILES string of the molecule is CC(C)C[C@H](NC(=O)[C@H](CO)NC(=O)[C@@H](NC(=O)[C@H](CO)NC(=O)[C@@H]1CCCN1)C(C)C)C(=O)N[C@@H](Cc1ccc(O)cc1)C(=O)N[C@@H](C)C(=O)N[C@H](C(=O)N[C@@H](CCCCN)C(=O)N[C@H](C(=O)N[C@@H](CC(C)C)C(=O)N[C@@H](CC(N)=O)C(=O)N[C@@H](CO)C(=O)N[C@@H](CO)C(=O)NCC(=O)O)C(C)C)C(C)C. The predicted octanol–water partition coefficient (Wildman–Crippen LogP) is -7.76. The number of rotatable bonds is 48. The van der Waals surface area contributed by atoms with Gasteiger partial charge in [0, 0.05) is 6.42 Å². The molecule has 1 heterocycles. The van der Waals surface area contributed by atoms with Crippen LogP contribution in [0.2, 0.25) is 0 Å². The first-order valence-corrected chi connectivity index (χ1v) is 35.6. The number of primary amides is 1. The largest absolute Gasteiger partial charge is 0.508 e. The Bertz CT molecular complexity index is 3190. The first kappa shape index (κ1) is 93.4. The fourth-order valence-electron chi connectivity index (χ4n) is 10.8. The van der Waals surface area contributed by atoms with Gasteiger partial charge in [-0.25, -0.2) is 0 Å². The van der Waals surface area contributed by atoms with Gasteiger partial charge in [0.15, 0.2) is 0 Å². The Morgan fingerprint density at radius 2 is 0.804 bits per heavy atom. The number of hydrogen-bond acceptors (Lipinski definition) is 23. The number of nitrogens with one attached hydrogen (secondary N) is 15. The zero-order valence-electron chi connectivity index (χ0n) is 62.5. The average molecular weight is 1520 g/mol. The molecule has 1 aromatic rings. The van der Waals surface area contributed by atoms with Crippen LogP contribution in [-0.4, -0.2) is 256 Å². The molecule has 1 aromatic carbocycles. The van der Waals surface area contributed by atoms with Crippen molar-refractivity contribution < 1.29 is 107 Å². The van der Waals surface area contributed by atoms with Crippen molar-refractivity contribution in [3.8, 4) is 5.75 Å². The molecule has 0 saturated carbocycles. The fourth-order valence-corrected chi connectivity index (χ4v) is 10.8. The van der Waals surface area contributed by atoms with Gasteiger partial charge in [0.2, 0.25) is 88.6 Å². The summed E-state index contributed by atoms with van der Waals surface area (Å²) in [6.45, 7) is 13.4. The van der Waals surface area contributed by atoms with E-state index in [4.69, 9.17) is 16.6 Å². The topological polar surface area (TPSA) is 627 Å². The molecule has 25 N–H and O–H groups in total. The average Bonchev–Trinajstić information content (AvgIpc) is 1.26. The maximum Gasteiger partial charge on any atom is 0.322 e. The second kappa shape index (κ2) is 47.1. The number of unbranched alkanes of at least 4 members (excludes halogenated alkanes) is 1. The molecule has 2 rings (SSSR count). The lowest BCUT2D eigenvalue weighted by atomic mass is 9.98. The summed E-state index contributed by atoms with van der Waals surface area (Å²) in [7, 11) is 0. The second-order valence-corrected chi connectivity index (χ2v) is 28.0. The Morgan fingerprint density at radius 3 is 1.22 bits per heavy atom. The van der Waals surface area contributed by atoms with Crippen LogP contribution in [0.15, 0.2) is 24.3 Å². The highest BCUT2D eigenvalue weighted by Gasteiger charge is 2.39. The van der Waals surface area contributed by atoms with E-state index >= 15 is 0 Å². The summed E-state index contributed by atoms with van der Waals surface area (Å²) in [5, 5.41) is 95.8. The van der Waals surface area contributed by atoms with Crippen LogP contribution in [0.5, 0.6) is 5.75 Å². The normalized spacial score (nSPS) is 16.4. The quantitative estimate of drug-likeness (QED) is 0.0270. The van der Waals surface area contributed by atoms with Crippen molar-refractivity contribution in [2.45, 2.75) is 219 Å². The Hall–Kier alpha value is -9.70. The molecule has 1 aliphatic rings. The molecule has 15 amide bonds. The van der Waals surface area contributed by atoms with Crippen LogP contribution in [0, 0.1) is 29.6 Å². The van der Waals surface area contributed by atoms with Crippen LogP contribution >= 0.6 is 0 Å². The highest BCUT2D eigenvalue weighted by Crippen LogP contribution is 2.16. The number of phenolic OH excluding ortho intramolecular Hbond substituents is 1. The molecule has 107 heavy (non-hydrogen) atoms. The van der Waals surface area contributed by atoms with Gasteiger partial charge >= 0.3 is 5.97 Å². The minimum Gasteiger partial charge on any atom is -0.508 e. The molecule has 0 aromatic heterocycles. The Labute approximate surface area is 620 Å². The summed E-state index contributed by atoms with van der Waals surface area (Å²) >= 11 is 0. The molecular formula is C68H113N17O22. The number of benzene rings is 1. The van der Waals surface area contributed by atoms with Gasteiger partial charge < -0.3 is 122 Å². The van der Waals surface area contributed by atoms with Gasteiger partial charge in [-0.2, -0.15) is 0 Å². The molecule has 1 fully saturated rings. The van der Waals surface area contributed by atoms with Crippen LogP contribution < -0.4 is 91.2 Å². The number of hydrogen-bond donors (Lipinski definition) is 23. The number of carboxylic acid groups (broad SMARTS) is 1. The summed E-state index contributed by atoms with van der Waals surface area (Å²) in [5.41, 5.74) is 11.6. The van der Waals surface area contributed by atoms with Gasteiger partial charge in [0.25, 0.3) is 0 Å². The monoisotopic (exact) mass is 1520 g/mol. The van der Waals surface area contributed by atoms with E-state index < -0.39 is 236 Å². The van der Waals surface area contributed by atoms with E-state index in [0.29, 0.717) is 24.9 Å². The molecule has 1 saturated heterocycles. The summed E-state index contributed by atoms with van der Waals surface area (Å²) in [4.78, 5) is 216. The lowest BCUT2D eigenvalue weighted by Crippen LogP contribution is -2.62. The predicted molar refractivity (Wildman–Crippen MR) is 383 cm³/mol. The number of aromatic hydroxyl groups is 1. The molecule has 39 nitrogen and oxygen atoms in total.